The fraction of sp³-hybridized carbons (Fsp3) is 0.133. The van der Waals surface area contributed by atoms with E-state index in [0.29, 0.717) is 6.07 Å². The van der Waals surface area contributed by atoms with Crippen LogP contribution in [0.3, 0.4) is 0 Å². The van der Waals surface area contributed by atoms with Gasteiger partial charge in [-0.05, 0) is 30.3 Å². The molecule has 0 aliphatic heterocycles. The lowest BCUT2D eigenvalue weighted by atomic mass is 10.2. The number of nitriles is 1. The van der Waals surface area contributed by atoms with Gasteiger partial charge in [0.1, 0.15) is 11.8 Å². The molecule has 0 saturated heterocycles. The van der Waals surface area contributed by atoms with E-state index in [1.54, 1.807) is 6.07 Å². The quantitative estimate of drug-likeness (QED) is 0.721. The van der Waals surface area contributed by atoms with Crippen molar-refractivity contribution >= 4 is 11.6 Å². The molecule has 0 radical (unpaired) electrons. The van der Waals surface area contributed by atoms with E-state index in [1.807, 2.05) is 0 Å². The van der Waals surface area contributed by atoms with Crippen LogP contribution in [-0.2, 0) is 6.18 Å². The van der Waals surface area contributed by atoms with Gasteiger partial charge in [0.2, 0.25) is 5.82 Å². The number of hydrogen-bond donors (Lipinski definition) is 0. The van der Waals surface area contributed by atoms with Crippen molar-refractivity contribution in [1.82, 2.24) is 0 Å². The highest BCUT2D eigenvalue weighted by atomic mass is 35.5. The SMILES string of the molecule is COc1c(C#N)ccc(Oc2ccc(Cl)c(C(F)(F)F)c2)c1F. The molecule has 2 aromatic rings. The van der Waals surface area contributed by atoms with E-state index in [-0.39, 0.29) is 22.8 Å². The average molecular weight is 346 g/mol. The Hall–Kier alpha value is -2.46. The van der Waals surface area contributed by atoms with Crippen LogP contribution in [0.4, 0.5) is 17.6 Å². The molecule has 8 heteroatoms. The second-order valence-electron chi connectivity index (χ2n) is 4.31. The smallest absolute Gasteiger partial charge is 0.417 e. The lowest BCUT2D eigenvalue weighted by Crippen LogP contribution is -2.06. The third-order valence-electron chi connectivity index (χ3n) is 2.86. The van der Waals surface area contributed by atoms with E-state index in [9.17, 15) is 17.6 Å². The van der Waals surface area contributed by atoms with Gasteiger partial charge in [0.05, 0.1) is 23.3 Å². The van der Waals surface area contributed by atoms with Gasteiger partial charge >= 0.3 is 6.18 Å². The Morgan fingerprint density at radius 1 is 1.17 bits per heavy atom. The van der Waals surface area contributed by atoms with Crippen LogP contribution in [0, 0.1) is 17.1 Å². The number of benzene rings is 2. The van der Waals surface area contributed by atoms with Crippen LogP contribution in [0.15, 0.2) is 30.3 Å². The molecule has 0 fully saturated rings. The summed E-state index contributed by atoms with van der Waals surface area (Å²) in [5, 5.41) is 8.34. The Kier molecular flexibility index (Phi) is 4.66. The fourth-order valence-corrected chi connectivity index (χ4v) is 2.04. The first-order chi connectivity index (χ1) is 10.8. The van der Waals surface area contributed by atoms with E-state index >= 15 is 0 Å². The topological polar surface area (TPSA) is 42.2 Å². The minimum atomic E-state index is -4.67. The van der Waals surface area contributed by atoms with Gasteiger partial charge in [-0.2, -0.15) is 22.8 Å². The minimum Gasteiger partial charge on any atom is -0.492 e. The molecule has 2 aromatic carbocycles. The third kappa shape index (κ3) is 3.48. The van der Waals surface area contributed by atoms with Crippen LogP contribution >= 0.6 is 11.6 Å². The summed E-state index contributed by atoms with van der Waals surface area (Å²) in [6.45, 7) is 0. The number of methoxy groups -OCH3 is 1. The first-order valence-electron chi connectivity index (χ1n) is 6.09. The van der Waals surface area contributed by atoms with Gasteiger partial charge in [0, 0.05) is 0 Å². The lowest BCUT2D eigenvalue weighted by molar-refractivity contribution is -0.137. The maximum Gasteiger partial charge on any atom is 0.417 e. The van der Waals surface area contributed by atoms with Crippen LogP contribution in [-0.4, -0.2) is 7.11 Å². The molecular weight excluding hydrogens is 338 g/mol. The summed E-state index contributed by atoms with van der Waals surface area (Å²) < 4.78 is 62.4. The van der Waals surface area contributed by atoms with Crippen molar-refractivity contribution in [2.75, 3.05) is 7.11 Å². The standard InChI is InChI=1S/C15H8ClF4NO2/c1-22-14-8(7-21)2-5-12(13(14)17)23-9-3-4-11(16)10(6-9)15(18,19)20/h2-6H,1H3. The summed E-state index contributed by atoms with van der Waals surface area (Å²) in [6.07, 6.45) is -4.67. The highest BCUT2D eigenvalue weighted by Gasteiger charge is 2.33. The molecule has 3 nitrogen and oxygen atoms in total. The van der Waals surface area contributed by atoms with Crippen molar-refractivity contribution in [1.29, 1.82) is 5.26 Å². The molecule has 0 N–H and O–H groups in total. The predicted octanol–water partition coefficient (Wildman–Crippen LogP) is 5.17. The van der Waals surface area contributed by atoms with Gasteiger partial charge < -0.3 is 9.47 Å². The van der Waals surface area contributed by atoms with Crippen LogP contribution in [0.2, 0.25) is 5.02 Å². The van der Waals surface area contributed by atoms with Gasteiger partial charge in [-0.3, -0.25) is 0 Å². The molecule has 0 atom stereocenters. The van der Waals surface area contributed by atoms with Crippen molar-refractivity contribution in [3.05, 3.63) is 52.3 Å². The number of rotatable bonds is 3. The first kappa shape index (κ1) is 16.9. The van der Waals surface area contributed by atoms with Crippen LogP contribution in [0.25, 0.3) is 0 Å². The molecule has 0 amide bonds. The monoisotopic (exact) mass is 345 g/mol. The Bertz CT molecular complexity index is 784. The lowest BCUT2D eigenvalue weighted by Gasteiger charge is -2.13. The van der Waals surface area contributed by atoms with E-state index in [1.165, 1.54) is 12.1 Å². The predicted molar refractivity (Wildman–Crippen MR) is 74.2 cm³/mol. The summed E-state index contributed by atoms with van der Waals surface area (Å²) in [6, 6.07) is 6.91. The normalized spacial score (nSPS) is 11.0. The van der Waals surface area contributed by atoms with E-state index in [2.05, 4.69) is 0 Å². The van der Waals surface area contributed by atoms with Gasteiger partial charge in [-0.15, -0.1) is 0 Å². The fourth-order valence-electron chi connectivity index (χ4n) is 1.82. The molecule has 0 aromatic heterocycles. The number of alkyl halides is 3. The second-order valence-corrected chi connectivity index (χ2v) is 4.72. The number of nitrogens with zero attached hydrogens (tertiary/aromatic N) is 1. The largest absolute Gasteiger partial charge is 0.492 e. The molecule has 0 aliphatic rings. The van der Waals surface area contributed by atoms with Crippen LogP contribution < -0.4 is 9.47 Å². The first-order valence-corrected chi connectivity index (χ1v) is 6.47. The van der Waals surface area contributed by atoms with Gasteiger partial charge in [-0.25, -0.2) is 0 Å². The molecule has 0 heterocycles. The molecule has 0 saturated carbocycles. The highest BCUT2D eigenvalue weighted by Crippen LogP contribution is 2.39. The van der Waals surface area contributed by atoms with E-state index < -0.39 is 22.6 Å². The average Bonchev–Trinajstić information content (AvgIpc) is 2.49. The molecule has 0 spiro atoms. The molecular formula is C15H8ClF4NO2. The van der Waals surface area contributed by atoms with Gasteiger partial charge in [0.15, 0.2) is 11.5 Å². The van der Waals surface area contributed by atoms with E-state index in [4.69, 9.17) is 26.3 Å². The Morgan fingerprint density at radius 3 is 2.43 bits per heavy atom. The van der Waals surface area contributed by atoms with Crippen molar-refractivity contribution in [3.8, 4) is 23.3 Å². The Labute approximate surface area is 133 Å². The number of ether oxygens (including phenoxy) is 2. The van der Waals surface area contributed by atoms with Crippen molar-refractivity contribution in [3.63, 3.8) is 0 Å². The van der Waals surface area contributed by atoms with Crippen LogP contribution in [0.5, 0.6) is 17.2 Å². The van der Waals surface area contributed by atoms with Crippen molar-refractivity contribution < 1.29 is 27.0 Å². The highest BCUT2D eigenvalue weighted by molar-refractivity contribution is 6.31. The van der Waals surface area contributed by atoms with Gasteiger partial charge in [-0.1, -0.05) is 11.6 Å². The summed E-state index contributed by atoms with van der Waals surface area (Å²) in [7, 11) is 1.16. The maximum absolute atomic E-state index is 14.2. The second kappa shape index (κ2) is 6.34. The number of halogens is 5. The summed E-state index contributed by atoms with van der Waals surface area (Å²) in [5.74, 6) is -1.98. The molecule has 0 bridgehead atoms. The zero-order valence-corrected chi connectivity index (χ0v) is 12.3. The summed E-state index contributed by atoms with van der Waals surface area (Å²) in [4.78, 5) is 0. The van der Waals surface area contributed by atoms with Crippen molar-refractivity contribution in [2.45, 2.75) is 6.18 Å². The number of hydrogen-bond acceptors (Lipinski definition) is 3. The Balaban J connectivity index is 2.43. The maximum atomic E-state index is 14.2. The molecule has 0 unspecified atom stereocenters. The molecule has 120 valence electrons. The van der Waals surface area contributed by atoms with E-state index in [0.717, 1.165) is 19.2 Å². The third-order valence-corrected chi connectivity index (χ3v) is 3.19. The summed E-state index contributed by atoms with van der Waals surface area (Å²) in [5.41, 5.74) is -1.16. The Morgan fingerprint density at radius 2 is 1.87 bits per heavy atom. The summed E-state index contributed by atoms with van der Waals surface area (Å²) >= 11 is 5.50. The minimum absolute atomic E-state index is 0.0653. The zero-order chi connectivity index (χ0) is 17.2. The molecule has 2 rings (SSSR count). The van der Waals surface area contributed by atoms with Gasteiger partial charge in [0.25, 0.3) is 0 Å². The van der Waals surface area contributed by atoms with Crippen LogP contribution in [0.1, 0.15) is 11.1 Å². The molecule has 0 aliphatic carbocycles. The molecule has 23 heavy (non-hydrogen) atoms. The zero-order valence-electron chi connectivity index (χ0n) is 11.5. The van der Waals surface area contributed by atoms with Crippen molar-refractivity contribution in [2.24, 2.45) is 0 Å².